The minimum Gasteiger partial charge on any atom is -0.507 e. The van der Waals surface area contributed by atoms with E-state index in [0.717, 1.165) is 0 Å². The molecule has 0 radical (unpaired) electrons. The van der Waals surface area contributed by atoms with Gasteiger partial charge in [0.1, 0.15) is 30.3 Å². The van der Waals surface area contributed by atoms with Crippen molar-refractivity contribution in [3.8, 4) is 11.5 Å². The normalized spacial score (nSPS) is 12.4. The van der Waals surface area contributed by atoms with E-state index in [1.807, 2.05) is 0 Å². The second-order valence-electron chi connectivity index (χ2n) is 3.28. The summed E-state index contributed by atoms with van der Waals surface area (Å²) < 4.78 is 6.59. The van der Waals surface area contributed by atoms with E-state index in [1.165, 1.54) is 25.8 Å². The van der Waals surface area contributed by atoms with Gasteiger partial charge in [-0.15, -0.1) is 10.2 Å². The molecule has 1 aromatic carbocycles. The van der Waals surface area contributed by atoms with Crippen LogP contribution in [0.1, 0.15) is 11.7 Å². The lowest BCUT2D eigenvalue weighted by molar-refractivity contribution is 0.404. The fourth-order valence-electron chi connectivity index (χ4n) is 1.41. The van der Waals surface area contributed by atoms with Crippen LogP contribution in [0.15, 0.2) is 30.9 Å². The minimum atomic E-state index is -0.513. The Morgan fingerprint density at radius 1 is 1.38 bits per heavy atom. The van der Waals surface area contributed by atoms with Gasteiger partial charge in [-0.1, -0.05) is 0 Å². The van der Waals surface area contributed by atoms with E-state index in [0.29, 0.717) is 11.3 Å². The topological polar surface area (TPSA) is 86.2 Å². The van der Waals surface area contributed by atoms with Crippen LogP contribution in [0.25, 0.3) is 0 Å². The maximum atomic E-state index is 9.78. The summed E-state index contributed by atoms with van der Waals surface area (Å²) in [6.45, 7) is 0. The molecule has 0 fully saturated rings. The highest BCUT2D eigenvalue weighted by Crippen LogP contribution is 2.27. The third-order valence-corrected chi connectivity index (χ3v) is 2.31. The number of phenolic OH excluding ortho intramolecular Hbond substituents is 1. The van der Waals surface area contributed by atoms with Crippen molar-refractivity contribution >= 4 is 0 Å². The summed E-state index contributed by atoms with van der Waals surface area (Å²) in [5.74, 6) is 0.665. The molecule has 1 atom stereocenters. The van der Waals surface area contributed by atoms with Crippen molar-refractivity contribution in [3.05, 3.63) is 36.4 Å². The molecule has 0 aliphatic rings. The number of hydrogen-bond acceptors (Lipinski definition) is 5. The van der Waals surface area contributed by atoms with Crippen molar-refractivity contribution < 1.29 is 9.84 Å². The van der Waals surface area contributed by atoms with E-state index in [9.17, 15) is 5.11 Å². The van der Waals surface area contributed by atoms with E-state index in [4.69, 9.17) is 10.5 Å². The maximum absolute atomic E-state index is 9.78. The quantitative estimate of drug-likeness (QED) is 0.786. The molecule has 0 amide bonds. The molecule has 6 heteroatoms. The van der Waals surface area contributed by atoms with Gasteiger partial charge in [0.05, 0.1) is 7.11 Å². The summed E-state index contributed by atoms with van der Waals surface area (Å²) in [7, 11) is 1.54. The van der Waals surface area contributed by atoms with Crippen LogP contribution in [-0.2, 0) is 0 Å². The largest absolute Gasteiger partial charge is 0.507 e. The number of aromatic hydroxyl groups is 1. The third kappa shape index (κ3) is 1.82. The number of nitrogens with two attached hydrogens (primary N) is 1. The lowest BCUT2D eigenvalue weighted by Crippen LogP contribution is -2.18. The average Bonchev–Trinajstić information content (AvgIpc) is 2.81. The molecule has 1 aromatic heterocycles. The number of methoxy groups -OCH3 is 1. The first-order chi connectivity index (χ1) is 7.72. The zero-order valence-corrected chi connectivity index (χ0v) is 8.74. The zero-order valence-electron chi connectivity index (χ0n) is 8.74. The van der Waals surface area contributed by atoms with Crippen LogP contribution in [0, 0.1) is 0 Å². The van der Waals surface area contributed by atoms with E-state index in [-0.39, 0.29) is 5.75 Å². The van der Waals surface area contributed by atoms with Gasteiger partial charge < -0.3 is 15.6 Å². The Kier molecular flexibility index (Phi) is 2.74. The van der Waals surface area contributed by atoms with Gasteiger partial charge in [-0.3, -0.25) is 4.57 Å². The summed E-state index contributed by atoms with van der Waals surface area (Å²) >= 11 is 0. The van der Waals surface area contributed by atoms with E-state index >= 15 is 0 Å². The molecule has 0 spiro atoms. The molecule has 2 aromatic rings. The summed E-state index contributed by atoms with van der Waals surface area (Å²) in [5, 5.41) is 17.1. The van der Waals surface area contributed by atoms with Crippen molar-refractivity contribution in [1.29, 1.82) is 0 Å². The lowest BCUT2D eigenvalue weighted by Gasteiger charge is -2.14. The smallest absolute Gasteiger partial charge is 0.125 e. The molecule has 84 valence electrons. The Bertz CT molecular complexity index is 470. The van der Waals surface area contributed by atoms with Crippen molar-refractivity contribution in [1.82, 2.24) is 14.8 Å². The van der Waals surface area contributed by atoms with Crippen molar-refractivity contribution in [2.75, 3.05) is 7.11 Å². The second kappa shape index (κ2) is 4.19. The van der Waals surface area contributed by atoms with Crippen LogP contribution in [-0.4, -0.2) is 27.0 Å². The van der Waals surface area contributed by atoms with Crippen LogP contribution < -0.4 is 10.5 Å². The van der Waals surface area contributed by atoms with Crippen molar-refractivity contribution in [2.24, 2.45) is 5.73 Å². The number of phenols is 1. The monoisotopic (exact) mass is 220 g/mol. The first-order valence-electron chi connectivity index (χ1n) is 4.69. The summed E-state index contributed by atoms with van der Waals surface area (Å²) in [5.41, 5.74) is 6.52. The number of rotatable bonds is 3. The minimum absolute atomic E-state index is 0.0838. The number of ether oxygens (including phenoxy) is 1. The van der Waals surface area contributed by atoms with Gasteiger partial charge in [-0.05, 0) is 12.1 Å². The van der Waals surface area contributed by atoms with Gasteiger partial charge >= 0.3 is 0 Å². The summed E-state index contributed by atoms with van der Waals surface area (Å²) in [6.07, 6.45) is 2.48. The van der Waals surface area contributed by atoms with Crippen LogP contribution in [0.3, 0.4) is 0 Å². The van der Waals surface area contributed by atoms with Crippen LogP contribution in [0.4, 0.5) is 0 Å². The third-order valence-electron chi connectivity index (χ3n) is 2.31. The molecule has 3 N–H and O–H groups in total. The predicted molar refractivity (Wildman–Crippen MR) is 57.0 cm³/mol. The average molecular weight is 220 g/mol. The molecular formula is C10H12N4O2. The predicted octanol–water partition coefficient (Wildman–Crippen LogP) is 0.498. The van der Waals surface area contributed by atoms with E-state index in [1.54, 1.807) is 16.7 Å². The molecular weight excluding hydrogens is 208 g/mol. The summed E-state index contributed by atoms with van der Waals surface area (Å²) in [4.78, 5) is 0. The second-order valence-corrected chi connectivity index (χ2v) is 3.28. The molecule has 2 rings (SSSR count). The van der Waals surface area contributed by atoms with Crippen LogP contribution >= 0.6 is 0 Å². The van der Waals surface area contributed by atoms with Gasteiger partial charge in [-0.2, -0.15) is 0 Å². The highest BCUT2D eigenvalue weighted by Gasteiger charge is 2.13. The zero-order chi connectivity index (χ0) is 11.5. The standard InChI is InChI=1S/C10H12N4O2/c1-16-7-2-3-8(9(15)4-7)10(11)14-5-12-13-6-14/h2-6,10,15H,11H2,1H3. The molecule has 0 bridgehead atoms. The Labute approximate surface area is 92.3 Å². The number of benzene rings is 1. The van der Waals surface area contributed by atoms with Gasteiger partial charge in [0.2, 0.25) is 0 Å². The Morgan fingerprint density at radius 2 is 2.06 bits per heavy atom. The van der Waals surface area contributed by atoms with Gasteiger partial charge in [0.25, 0.3) is 0 Å². The first-order valence-corrected chi connectivity index (χ1v) is 4.69. The fraction of sp³-hybridized carbons (Fsp3) is 0.200. The van der Waals surface area contributed by atoms with E-state index < -0.39 is 6.17 Å². The molecule has 0 aliphatic carbocycles. The van der Waals surface area contributed by atoms with Gasteiger partial charge in [0, 0.05) is 11.6 Å². The van der Waals surface area contributed by atoms with Crippen LogP contribution in [0.5, 0.6) is 11.5 Å². The van der Waals surface area contributed by atoms with Crippen molar-refractivity contribution in [2.45, 2.75) is 6.17 Å². The Hall–Kier alpha value is -2.08. The van der Waals surface area contributed by atoms with Gasteiger partial charge in [-0.25, -0.2) is 0 Å². The molecule has 0 aliphatic heterocycles. The van der Waals surface area contributed by atoms with E-state index in [2.05, 4.69) is 10.2 Å². The molecule has 1 heterocycles. The number of hydrogen-bond donors (Lipinski definition) is 2. The molecule has 0 saturated carbocycles. The molecule has 1 unspecified atom stereocenters. The molecule has 16 heavy (non-hydrogen) atoms. The van der Waals surface area contributed by atoms with Gasteiger partial charge in [0.15, 0.2) is 0 Å². The fourth-order valence-corrected chi connectivity index (χ4v) is 1.41. The highest BCUT2D eigenvalue weighted by molar-refractivity contribution is 5.41. The number of nitrogens with zero attached hydrogens (tertiary/aromatic N) is 3. The van der Waals surface area contributed by atoms with Crippen molar-refractivity contribution in [3.63, 3.8) is 0 Å². The molecule has 6 nitrogen and oxygen atoms in total. The highest BCUT2D eigenvalue weighted by atomic mass is 16.5. The first kappa shape index (κ1) is 10.4. The van der Waals surface area contributed by atoms with Crippen LogP contribution in [0.2, 0.25) is 0 Å². The lowest BCUT2D eigenvalue weighted by atomic mass is 10.1. The Balaban J connectivity index is 2.34. The molecule has 0 saturated heterocycles. The Morgan fingerprint density at radius 3 is 2.62 bits per heavy atom. The summed E-state index contributed by atoms with van der Waals surface area (Å²) in [6, 6.07) is 4.96. The SMILES string of the molecule is COc1ccc(C(N)n2cnnc2)c(O)c1. The maximum Gasteiger partial charge on any atom is 0.125 e. The number of aromatic nitrogens is 3.